The van der Waals surface area contributed by atoms with Crippen LogP contribution in [-0.4, -0.2) is 9.97 Å². The third-order valence-corrected chi connectivity index (χ3v) is 5.69. The zero-order valence-corrected chi connectivity index (χ0v) is 16.3. The molecule has 6 aromatic rings. The average Bonchev–Trinajstić information content (AvgIpc) is 2.82. The van der Waals surface area contributed by atoms with Crippen LogP contribution in [0.1, 0.15) is 0 Å². The Bertz CT molecular complexity index is 1540. The Labute approximate surface area is 174 Å². The zero-order chi connectivity index (χ0) is 19.9. The molecule has 0 fully saturated rings. The lowest BCUT2D eigenvalue weighted by atomic mass is 9.93. The van der Waals surface area contributed by atoms with E-state index in [1.54, 1.807) is 0 Å². The van der Waals surface area contributed by atoms with Crippen molar-refractivity contribution in [2.24, 2.45) is 0 Å². The second-order valence-electron chi connectivity index (χ2n) is 7.51. The Morgan fingerprint density at radius 2 is 1.17 bits per heavy atom. The van der Waals surface area contributed by atoms with Crippen molar-refractivity contribution < 1.29 is 0 Å². The molecule has 0 aliphatic heterocycles. The van der Waals surface area contributed by atoms with E-state index in [0.29, 0.717) is 0 Å². The van der Waals surface area contributed by atoms with Gasteiger partial charge in [-0.25, -0.2) is 4.98 Å². The van der Waals surface area contributed by atoms with Crippen LogP contribution in [0.15, 0.2) is 109 Å². The molecule has 0 saturated carbocycles. The molecule has 6 rings (SSSR count). The van der Waals surface area contributed by atoms with Crippen LogP contribution in [-0.2, 0) is 0 Å². The van der Waals surface area contributed by atoms with Crippen molar-refractivity contribution >= 4 is 32.4 Å². The standard InChI is InChI=1S/C28H18N2/c1-2-10-22-18-25(28-23-11-5-3-7-19(23)15-16-29-28)24(17-21(22)9-1)27-14-13-20-8-4-6-12-26(20)30-27/h1-18H. The lowest BCUT2D eigenvalue weighted by molar-refractivity contribution is 1.35. The van der Waals surface area contributed by atoms with Crippen molar-refractivity contribution in [2.45, 2.75) is 0 Å². The summed E-state index contributed by atoms with van der Waals surface area (Å²) in [5.74, 6) is 0. The molecule has 0 spiro atoms. The first kappa shape index (κ1) is 16.9. The second-order valence-corrected chi connectivity index (χ2v) is 7.51. The average molecular weight is 382 g/mol. The molecule has 0 N–H and O–H groups in total. The quantitative estimate of drug-likeness (QED) is 0.315. The first-order chi connectivity index (χ1) is 14.9. The molecule has 0 atom stereocenters. The maximum atomic E-state index is 4.99. The van der Waals surface area contributed by atoms with E-state index in [1.165, 1.54) is 16.2 Å². The highest BCUT2D eigenvalue weighted by atomic mass is 14.7. The van der Waals surface area contributed by atoms with Gasteiger partial charge in [-0.3, -0.25) is 4.98 Å². The second kappa shape index (κ2) is 6.78. The van der Waals surface area contributed by atoms with E-state index in [4.69, 9.17) is 9.97 Å². The van der Waals surface area contributed by atoms with E-state index in [-0.39, 0.29) is 0 Å². The fraction of sp³-hybridized carbons (Fsp3) is 0. The van der Waals surface area contributed by atoms with Gasteiger partial charge in [-0.1, -0.05) is 72.8 Å². The Hall–Kier alpha value is -4.04. The van der Waals surface area contributed by atoms with Crippen LogP contribution in [0.3, 0.4) is 0 Å². The van der Waals surface area contributed by atoms with Gasteiger partial charge >= 0.3 is 0 Å². The summed E-state index contributed by atoms with van der Waals surface area (Å²) in [4.78, 5) is 9.80. The number of benzene rings is 4. The Balaban J connectivity index is 1.70. The maximum Gasteiger partial charge on any atom is 0.0787 e. The maximum absolute atomic E-state index is 4.99. The smallest absolute Gasteiger partial charge is 0.0787 e. The number of para-hydroxylation sites is 1. The van der Waals surface area contributed by atoms with Crippen LogP contribution in [0.5, 0.6) is 0 Å². The van der Waals surface area contributed by atoms with Crippen molar-refractivity contribution in [3.05, 3.63) is 109 Å². The van der Waals surface area contributed by atoms with Crippen LogP contribution < -0.4 is 0 Å². The zero-order valence-electron chi connectivity index (χ0n) is 16.3. The predicted molar refractivity (Wildman–Crippen MR) is 125 cm³/mol. The number of rotatable bonds is 2. The lowest BCUT2D eigenvalue weighted by Gasteiger charge is -2.14. The monoisotopic (exact) mass is 382 g/mol. The number of hydrogen-bond acceptors (Lipinski definition) is 2. The van der Waals surface area contributed by atoms with E-state index >= 15 is 0 Å². The summed E-state index contributed by atoms with van der Waals surface area (Å²) in [6.45, 7) is 0. The predicted octanol–water partition coefficient (Wildman–Crippen LogP) is 7.27. The number of nitrogens with zero attached hydrogens (tertiary/aromatic N) is 2. The largest absolute Gasteiger partial charge is 0.256 e. The molecule has 2 heterocycles. The molecule has 0 radical (unpaired) electrons. The molecular formula is C28H18N2. The third kappa shape index (κ3) is 2.73. The molecule has 0 aliphatic carbocycles. The van der Waals surface area contributed by atoms with Crippen LogP contribution in [0.4, 0.5) is 0 Å². The molecule has 2 nitrogen and oxygen atoms in total. The summed E-state index contributed by atoms with van der Waals surface area (Å²) < 4.78 is 0. The lowest BCUT2D eigenvalue weighted by Crippen LogP contribution is -1.93. The summed E-state index contributed by atoms with van der Waals surface area (Å²) in [6.07, 6.45) is 1.89. The van der Waals surface area contributed by atoms with Crippen molar-refractivity contribution in [3.63, 3.8) is 0 Å². The minimum atomic E-state index is 0.962. The molecule has 0 aliphatic rings. The molecule has 30 heavy (non-hydrogen) atoms. The molecule has 0 amide bonds. The number of pyridine rings is 2. The first-order valence-corrected chi connectivity index (χ1v) is 10.1. The van der Waals surface area contributed by atoms with Crippen molar-refractivity contribution in [3.8, 4) is 22.5 Å². The molecule has 2 heteroatoms. The van der Waals surface area contributed by atoms with Gasteiger partial charge in [0.2, 0.25) is 0 Å². The van der Waals surface area contributed by atoms with E-state index in [0.717, 1.165) is 38.8 Å². The highest BCUT2D eigenvalue weighted by Gasteiger charge is 2.14. The number of aromatic nitrogens is 2. The molecule has 140 valence electrons. The normalized spacial score (nSPS) is 11.3. The van der Waals surface area contributed by atoms with Crippen LogP contribution in [0, 0.1) is 0 Å². The highest BCUT2D eigenvalue weighted by molar-refractivity contribution is 6.02. The van der Waals surface area contributed by atoms with Gasteiger partial charge in [0, 0.05) is 28.1 Å². The van der Waals surface area contributed by atoms with Crippen molar-refractivity contribution in [1.82, 2.24) is 9.97 Å². The summed E-state index contributed by atoms with van der Waals surface area (Å²) in [7, 11) is 0. The van der Waals surface area contributed by atoms with Crippen LogP contribution >= 0.6 is 0 Å². The van der Waals surface area contributed by atoms with Crippen molar-refractivity contribution in [1.29, 1.82) is 0 Å². The molecule has 2 aromatic heterocycles. The van der Waals surface area contributed by atoms with Gasteiger partial charge in [-0.15, -0.1) is 0 Å². The Kier molecular flexibility index (Phi) is 3.82. The van der Waals surface area contributed by atoms with Gasteiger partial charge in [0.05, 0.1) is 16.9 Å². The van der Waals surface area contributed by atoms with Gasteiger partial charge < -0.3 is 0 Å². The molecular weight excluding hydrogens is 364 g/mol. The van der Waals surface area contributed by atoms with Gasteiger partial charge in [-0.2, -0.15) is 0 Å². The van der Waals surface area contributed by atoms with E-state index < -0.39 is 0 Å². The fourth-order valence-electron chi connectivity index (χ4n) is 4.20. The third-order valence-electron chi connectivity index (χ3n) is 5.69. The Morgan fingerprint density at radius 1 is 0.500 bits per heavy atom. The van der Waals surface area contributed by atoms with Crippen LogP contribution in [0.2, 0.25) is 0 Å². The Morgan fingerprint density at radius 3 is 2.00 bits per heavy atom. The molecule has 0 unspecified atom stereocenters. The van der Waals surface area contributed by atoms with Gasteiger partial charge in [0.1, 0.15) is 0 Å². The highest BCUT2D eigenvalue weighted by Crippen LogP contribution is 2.37. The summed E-state index contributed by atoms with van der Waals surface area (Å²) in [5, 5.41) is 5.88. The topological polar surface area (TPSA) is 25.8 Å². The number of hydrogen-bond donors (Lipinski definition) is 0. The first-order valence-electron chi connectivity index (χ1n) is 10.1. The van der Waals surface area contributed by atoms with Gasteiger partial charge in [0.15, 0.2) is 0 Å². The minimum Gasteiger partial charge on any atom is -0.256 e. The molecule has 0 bridgehead atoms. The van der Waals surface area contributed by atoms with Gasteiger partial charge in [0.25, 0.3) is 0 Å². The minimum absolute atomic E-state index is 0.962. The summed E-state index contributed by atoms with van der Waals surface area (Å²) in [5.41, 5.74) is 5.16. The number of fused-ring (bicyclic) bond motifs is 3. The van der Waals surface area contributed by atoms with Gasteiger partial charge in [-0.05, 0) is 46.5 Å². The summed E-state index contributed by atoms with van der Waals surface area (Å²) >= 11 is 0. The fourth-order valence-corrected chi connectivity index (χ4v) is 4.20. The summed E-state index contributed by atoms with van der Waals surface area (Å²) in [6, 6.07) is 35.9. The SMILES string of the molecule is c1ccc2cc(-c3nccc4ccccc34)c(-c3ccc4ccccc4n3)cc2c1. The van der Waals surface area contributed by atoms with E-state index in [9.17, 15) is 0 Å². The van der Waals surface area contributed by atoms with E-state index in [1.807, 2.05) is 18.3 Å². The molecule has 0 saturated heterocycles. The van der Waals surface area contributed by atoms with Crippen molar-refractivity contribution in [2.75, 3.05) is 0 Å². The molecule has 4 aromatic carbocycles. The van der Waals surface area contributed by atoms with Crippen LogP contribution in [0.25, 0.3) is 55.0 Å². The van der Waals surface area contributed by atoms with E-state index in [2.05, 4.69) is 91.0 Å².